The molecule has 5 heteroatoms. The van der Waals surface area contributed by atoms with Gasteiger partial charge in [-0.3, -0.25) is 9.89 Å². The van der Waals surface area contributed by atoms with Crippen molar-refractivity contribution in [2.45, 2.75) is 39.0 Å². The highest BCUT2D eigenvalue weighted by Gasteiger charge is 2.21. The lowest BCUT2D eigenvalue weighted by molar-refractivity contribution is 0.0941. The van der Waals surface area contributed by atoms with Gasteiger partial charge < -0.3 is 5.32 Å². The summed E-state index contributed by atoms with van der Waals surface area (Å²) in [4.78, 5) is 16.3. The van der Waals surface area contributed by atoms with Gasteiger partial charge in [0.1, 0.15) is 5.82 Å². The second-order valence-electron chi connectivity index (χ2n) is 6.28. The van der Waals surface area contributed by atoms with Crippen LogP contribution in [0.5, 0.6) is 0 Å². The van der Waals surface area contributed by atoms with Crippen LogP contribution in [0.4, 0.5) is 0 Å². The molecule has 0 aliphatic heterocycles. The number of benzene rings is 1. The second kappa shape index (κ2) is 6.08. The first-order valence-corrected chi connectivity index (χ1v) is 7.14. The van der Waals surface area contributed by atoms with Crippen LogP contribution in [0.3, 0.4) is 0 Å². The van der Waals surface area contributed by atoms with E-state index in [1.807, 2.05) is 39.0 Å². The fourth-order valence-corrected chi connectivity index (χ4v) is 1.92. The van der Waals surface area contributed by atoms with Gasteiger partial charge in [0, 0.05) is 12.0 Å². The number of aromatic amines is 1. The van der Waals surface area contributed by atoms with Crippen molar-refractivity contribution in [3.05, 3.63) is 47.5 Å². The smallest absolute Gasteiger partial charge is 0.290 e. The number of aromatic nitrogens is 3. The van der Waals surface area contributed by atoms with E-state index in [-0.39, 0.29) is 23.1 Å². The summed E-state index contributed by atoms with van der Waals surface area (Å²) in [6.07, 6.45) is 0. The van der Waals surface area contributed by atoms with Crippen molar-refractivity contribution < 1.29 is 4.79 Å². The van der Waals surface area contributed by atoms with Crippen molar-refractivity contribution in [2.24, 2.45) is 0 Å². The summed E-state index contributed by atoms with van der Waals surface area (Å²) in [7, 11) is 0. The molecule has 5 nitrogen and oxygen atoms in total. The van der Waals surface area contributed by atoms with E-state index in [0.29, 0.717) is 12.4 Å². The first kappa shape index (κ1) is 15.2. The Kier molecular flexibility index (Phi) is 4.40. The maximum atomic E-state index is 12.1. The van der Waals surface area contributed by atoms with Gasteiger partial charge in [-0.25, -0.2) is 4.98 Å². The van der Waals surface area contributed by atoms with E-state index in [1.54, 1.807) is 0 Å². The standard InChI is InChI=1S/C16H22N4O/c1-11(12-8-6-5-7-9-12)10-17-14(21)13-18-15(20-19-13)16(2,3)4/h5-9,11H,10H2,1-4H3,(H,17,21)(H,18,19,20). The third-order valence-electron chi connectivity index (χ3n) is 3.34. The number of H-pyrrole nitrogens is 1. The van der Waals surface area contributed by atoms with E-state index in [0.717, 1.165) is 0 Å². The molecule has 0 aliphatic rings. The lowest BCUT2D eigenvalue weighted by atomic mass is 9.96. The van der Waals surface area contributed by atoms with Crippen molar-refractivity contribution in [1.82, 2.24) is 20.5 Å². The number of carbonyl (C=O) groups is 1. The molecular weight excluding hydrogens is 264 g/mol. The molecule has 1 aromatic heterocycles. The molecule has 2 rings (SSSR count). The number of rotatable bonds is 4. The van der Waals surface area contributed by atoms with Gasteiger partial charge in [0.2, 0.25) is 5.82 Å². The molecule has 0 radical (unpaired) electrons. The maximum absolute atomic E-state index is 12.1. The lowest BCUT2D eigenvalue weighted by Gasteiger charge is -2.13. The van der Waals surface area contributed by atoms with Crippen LogP contribution in [0, 0.1) is 0 Å². The number of amides is 1. The fourth-order valence-electron chi connectivity index (χ4n) is 1.92. The summed E-state index contributed by atoms with van der Waals surface area (Å²) < 4.78 is 0. The predicted molar refractivity (Wildman–Crippen MR) is 82.3 cm³/mol. The Labute approximate surface area is 125 Å². The summed E-state index contributed by atoms with van der Waals surface area (Å²) in [5.74, 6) is 0.907. The molecule has 0 bridgehead atoms. The molecule has 1 heterocycles. The van der Waals surface area contributed by atoms with Crippen LogP contribution < -0.4 is 5.32 Å². The number of hydrogen-bond donors (Lipinski definition) is 2. The number of nitrogens with one attached hydrogen (secondary N) is 2. The Hall–Kier alpha value is -2.17. The Morgan fingerprint density at radius 3 is 2.52 bits per heavy atom. The zero-order valence-electron chi connectivity index (χ0n) is 13.0. The minimum Gasteiger partial charge on any atom is -0.349 e. The van der Waals surface area contributed by atoms with Crippen LogP contribution in [0.25, 0.3) is 0 Å². The maximum Gasteiger partial charge on any atom is 0.290 e. The highest BCUT2D eigenvalue weighted by molar-refractivity contribution is 5.90. The summed E-state index contributed by atoms with van der Waals surface area (Å²) in [5, 5.41) is 9.69. The zero-order chi connectivity index (χ0) is 15.5. The summed E-state index contributed by atoms with van der Waals surface area (Å²) in [6.45, 7) is 8.70. The van der Waals surface area contributed by atoms with E-state index in [4.69, 9.17) is 0 Å². The van der Waals surface area contributed by atoms with Gasteiger partial charge in [0.05, 0.1) is 0 Å². The molecule has 21 heavy (non-hydrogen) atoms. The predicted octanol–water partition coefficient (Wildman–Crippen LogP) is 2.64. The molecule has 0 saturated heterocycles. The largest absolute Gasteiger partial charge is 0.349 e. The Morgan fingerprint density at radius 2 is 1.95 bits per heavy atom. The van der Waals surface area contributed by atoms with Crippen LogP contribution >= 0.6 is 0 Å². The first-order chi connectivity index (χ1) is 9.88. The van der Waals surface area contributed by atoms with Crippen molar-refractivity contribution in [3.63, 3.8) is 0 Å². The van der Waals surface area contributed by atoms with E-state index >= 15 is 0 Å². The molecule has 1 unspecified atom stereocenters. The Bertz CT molecular complexity index is 598. The van der Waals surface area contributed by atoms with Gasteiger partial charge in [-0.1, -0.05) is 58.0 Å². The molecule has 112 valence electrons. The number of hydrogen-bond acceptors (Lipinski definition) is 3. The van der Waals surface area contributed by atoms with Crippen LogP contribution in [-0.2, 0) is 5.41 Å². The highest BCUT2D eigenvalue weighted by atomic mass is 16.2. The van der Waals surface area contributed by atoms with Crippen molar-refractivity contribution in [1.29, 1.82) is 0 Å². The molecule has 0 aliphatic carbocycles. The summed E-state index contributed by atoms with van der Waals surface area (Å²) in [6, 6.07) is 10.1. The number of carbonyl (C=O) groups excluding carboxylic acids is 1. The van der Waals surface area contributed by atoms with Crippen molar-refractivity contribution >= 4 is 5.91 Å². The van der Waals surface area contributed by atoms with Crippen LogP contribution in [0.1, 0.15) is 55.6 Å². The molecule has 2 aromatic rings. The van der Waals surface area contributed by atoms with Crippen LogP contribution in [0.2, 0.25) is 0 Å². The normalized spacial score (nSPS) is 13.0. The summed E-state index contributed by atoms with van der Waals surface area (Å²) >= 11 is 0. The molecule has 1 aromatic carbocycles. The van der Waals surface area contributed by atoms with Gasteiger partial charge >= 0.3 is 0 Å². The van der Waals surface area contributed by atoms with E-state index in [1.165, 1.54) is 5.56 Å². The Balaban J connectivity index is 1.95. The van der Waals surface area contributed by atoms with Crippen molar-refractivity contribution in [3.8, 4) is 0 Å². The third kappa shape index (κ3) is 3.90. The van der Waals surface area contributed by atoms with Gasteiger partial charge in [-0.05, 0) is 11.5 Å². The minimum absolute atomic E-state index is 0.150. The Morgan fingerprint density at radius 1 is 1.29 bits per heavy atom. The van der Waals surface area contributed by atoms with Crippen LogP contribution in [-0.4, -0.2) is 27.6 Å². The summed E-state index contributed by atoms with van der Waals surface area (Å²) in [5.41, 5.74) is 1.05. The fraction of sp³-hybridized carbons (Fsp3) is 0.438. The lowest BCUT2D eigenvalue weighted by Crippen LogP contribution is -2.28. The first-order valence-electron chi connectivity index (χ1n) is 7.14. The van der Waals surface area contributed by atoms with Gasteiger partial charge in [-0.2, -0.15) is 0 Å². The second-order valence-corrected chi connectivity index (χ2v) is 6.28. The SMILES string of the molecule is CC(CNC(=O)c1n[nH]c(C(C)(C)C)n1)c1ccccc1. The minimum atomic E-state index is -0.246. The van der Waals surface area contributed by atoms with Crippen LogP contribution in [0.15, 0.2) is 30.3 Å². The van der Waals surface area contributed by atoms with E-state index in [2.05, 4.69) is 39.6 Å². The number of nitrogens with zero attached hydrogens (tertiary/aromatic N) is 2. The molecule has 0 fully saturated rings. The zero-order valence-corrected chi connectivity index (χ0v) is 13.0. The van der Waals surface area contributed by atoms with E-state index in [9.17, 15) is 4.79 Å². The average Bonchev–Trinajstić information content (AvgIpc) is 2.95. The topological polar surface area (TPSA) is 70.7 Å². The van der Waals surface area contributed by atoms with Crippen molar-refractivity contribution in [2.75, 3.05) is 6.54 Å². The third-order valence-corrected chi connectivity index (χ3v) is 3.34. The van der Waals surface area contributed by atoms with Gasteiger partial charge in [-0.15, -0.1) is 5.10 Å². The monoisotopic (exact) mass is 286 g/mol. The molecular formula is C16H22N4O. The van der Waals surface area contributed by atoms with E-state index < -0.39 is 0 Å². The molecule has 1 amide bonds. The van der Waals surface area contributed by atoms with Gasteiger partial charge in [0.15, 0.2) is 0 Å². The quantitative estimate of drug-likeness (QED) is 0.907. The molecule has 1 atom stereocenters. The van der Waals surface area contributed by atoms with Gasteiger partial charge in [0.25, 0.3) is 5.91 Å². The molecule has 0 saturated carbocycles. The average molecular weight is 286 g/mol. The molecule has 0 spiro atoms. The molecule has 2 N–H and O–H groups in total. The highest BCUT2D eigenvalue weighted by Crippen LogP contribution is 2.17.